The molecular weight excluding hydrogens is 352 g/mol. The van der Waals surface area contributed by atoms with E-state index in [9.17, 15) is 17.2 Å². The van der Waals surface area contributed by atoms with Crippen molar-refractivity contribution in [2.45, 2.75) is 23.5 Å². The van der Waals surface area contributed by atoms with Gasteiger partial charge in [0.1, 0.15) is 0 Å². The maximum atomic E-state index is 12.4. The zero-order chi connectivity index (χ0) is 14.8. The number of halogens is 3. The zero-order valence-corrected chi connectivity index (χ0v) is 13.2. The SMILES string of the molecule is O=S(=O)(c1ccc(N2CCC(CCBr)C2)cc1)C(F)F. The maximum absolute atomic E-state index is 12.4. The first kappa shape index (κ1) is 15.7. The van der Waals surface area contributed by atoms with Crippen molar-refractivity contribution in [3.05, 3.63) is 24.3 Å². The van der Waals surface area contributed by atoms with Crippen molar-refractivity contribution >= 4 is 31.5 Å². The molecule has 3 nitrogen and oxygen atoms in total. The topological polar surface area (TPSA) is 37.4 Å². The van der Waals surface area contributed by atoms with Crippen molar-refractivity contribution in [2.24, 2.45) is 5.92 Å². The Balaban J connectivity index is 2.10. The highest BCUT2D eigenvalue weighted by Crippen LogP contribution is 2.28. The van der Waals surface area contributed by atoms with E-state index in [4.69, 9.17) is 0 Å². The molecule has 0 amide bonds. The first-order valence-electron chi connectivity index (χ1n) is 6.38. The Hall–Kier alpha value is -0.690. The lowest BCUT2D eigenvalue weighted by Gasteiger charge is -2.19. The monoisotopic (exact) mass is 367 g/mol. The van der Waals surface area contributed by atoms with Crippen LogP contribution in [0.1, 0.15) is 12.8 Å². The highest BCUT2D eigenvalue weighted by molar-refractivity contribution is 9.09. The van der Waals surface area contributed by atoms with Crippen LogP contribution in [0.3, 0.4) is 0 Å². The highest BCUT2D eigenvalue weighted by Gasteiger charge is 2.27. The van der Waals surface area contributed by atoms with Crippen LogP contribution in [-0.2, 0) is 9.84 Å². The van der Waals surface area contributed by atoms with Gasteiger partial charge in [0.15, 0.2) is 0 Å². The Bertz CT molecular complexity index is 548. The van der Waals surface area contributed by atoms with Crippen LogP contribution in [0.2, 0.25) is 0 Å². The summed E-state index contributed by atoms with van der Waals surface area (Å²) < 4.78 is 47.5. The van der Waals surface area contributed by atoms with Gasteiger partial charge in [-0.05, 0) is 43.0 Å². The Labute approximate surface area is 126 Å². The van der Waals surface area contributed by atoms with Crippen LogP contribution in [0.15, 0.2) is 29.2 Å². The van der Waals surface area contributed by atoms with E-state index in [2.05, 4.69) is 20.8 Å². The molecule has 1 atom stereocenters. The molecule has 1 fully saturated rings. The third-order valence-corrected chi connectivity index (χ3v) is 5.42. The number of hydrogen-bond donors (Lipinski definition) is 0. The number of alkyl halides is 3. The Morgan fingerprint density at radius 2 is 1.95 bits per heavy atom. The lowest BCUT2D eigenvalue weighted by atomic mass is 10.1. The van der Waals surface area contributed by atoms with E-state index in [-0.39, 0.29) is 4.90 Å². The van der Waals surface area contributed by atoms with E-state index in [1.54, 1.807) is 12.1 Å². The fourth-order valence-electron chi connectivity index (χ4n) is 2.41. The molecule has 0 N–H and O–H groups in total. The van der Waals surface area contributed by atoms with Crippen LogP contribution in [0.5, 0.6) is 0 Å². The van der Waals surface area contributed by atoms with Crippen LogP contribution >= 0.6 is 15.9 Å². The molecule has 7 heteroatoms. The summed E-state index contributed by atoms with van der Waals surface area (Å²) >= 11 is 3.42. The van der Waals surface area contributed by atoms with Gasteiger partial charge in [0.2, 0.25) is 9.84 Å². The van der Waals surface area contributed by atoms with Gasteiger partial charge < -0.3 is 4.90 Å². The molecule has 0 radical (unpaired) electrons. The first-order valence-corrected chi connectivity index (χ1v) is 9.05. The Morgan fingerprint density at radius 3 is 2.50 bits per heavy atom. The molecule has 0 spiro atoms. The Kier molecular flexibility index (Phi) is 5.01. The van der Waals surface area contributed by atoms with Gasteiger partial charge in [-0.25, -0.2) is 8.42 Å². The predicted octanol–water partition coefficient (Wildman–Crippen LogP) is 3.29. The van der Waals surface area contributed by atoms with Crippen LogP contribution < -0.4 is 4.90 Å². The Morgan fingerprint density at radius 1 is 1.30 bits per heavy atom. The summed E-state index contributed by atoms with van der Waals surface area (Å²) in [6, 6.07) is 5.72. The molecule has 112 valence electrons. The second kappa shape index (κ2) is 6.39. The van der Waals surface area contributed by atoms with E-state index in [1.165, 1.54) is 12.1 Å². The zero-order valence-electron chi connectivity index (χ0n) is 10.8. The van der Waals surface area contributed by atoms with Gasteiger partial charge in [0, 0.05) is 24.1 Å². The molecule has 1 saturated heterocycles. The average Bonchev–Trinajstić information content (AvgIpc) is 2.88. The van der Waals surface area contributed by atoms with Crippen molar-refractivity contribution in [1.29, 1.82) is 0 Å². The van der Waals surface area contributed by atoms with Gasteiger partial charge >= 0.3 is 5.76 Å². The highest BCUT2D eigenvalue weighted by atomic mass is 79.9. The lowest BCUT2D eigenvalue weighted by Crippen LogP contribution is -2.20. The normalized spacial score (nSPS) is 19.8. The standard InChI is InChI=1S/C13H16BrF2NO2S/c14-7-5-10-6-8-17(9-10)11-1-3-12(4-2-11)20(18,19)13(15)16/h1-4,10,13H,5-9H2. The van der Waals surface area contributed by atoms with Gasteiger partial charge in [-0.15, -0.1) is 0 Å². The molecule has 1 aliphatic heterocycles. The second-order valence-corrected chi connectivity index (χ2v) is 7.59. The van der Waals surface area contributed by atoms with E-state index in [0.29, 0.717) is 5.92 Å². The van der Waals surface area contributed by atoms with Gasteiger partial charge in [0.05, 0.1) is 4.90 Å². The summed E-state index contributed by atoms with van der Waals surface area (Å²) in [4.78, 5) is 1.83. The van der Waals surface area contributed by atoms with E-state index < -0.39 is 15.6 Å². The second-order valence-electron chi connectivity index (χ2n) is 4.88. The third kappa shape index (κ3) is 3.31. The van der Waals surface area contributed by atoms with Crippen molar-refractivity contribution in [3.63, 3.8) is 0 Å². The number of benzene rings is 1. The number of anilines is 1. The van der Waals surface area contributed by atoms with Gasteiger partial charge in [-0.2, -0.15) is 8.78 Å². The summed E-state index contributed by atoms with van der Waals surface area (Å²) in [5, 5.41) is 0.969. The molecule has 0 aliphatic carbocycles. The van der Waals surface area contributed by atoms with Crippen molar-refractivity contribution in [1.82, 2.24) is 0 Å². The largest absolute Gasteiger partial charge is 0.371 e. The van der Waals surface area contributed by atoms with E-state index in [1.807, 2.05) is 0 Å². The summed E-state index contributed by atoms with van der Waals surface area (Å²) in [5.41, 5.74) is 0.885. The van der Waals surface area contributed by atoms with Crippen LogP contribution in [0.25, 0.3) is 0 Å². The fourth-order valence-corrected chi connectivity index (χ4v) is 3.78. The number of rotatable bonds is 5. The van der Waals surface area contributed by atoms with Gasteiger partial charge in [-0.3, -0.25) is 0 Å². The van der Waals surface area contributed by atoms with Gasteiger partial charge in [-0.1, -0.05) is 15.9 Å². The van der Waals surface area contributed by atoms with Gasteiger partial charge in [0.25, 0.3) is 0 Å². The molecule has 0 bridgehead atoms. The van der Waals surface area contributed by atoms with Crippen molar-refractivity contribution in [3.8, 4) is 0 Å². The molecular formula is C13H16BrF2NO2S. The van der Waals surface area contributed by atoms with Crippen LogP contribution in [-0.4, -0.2) is 32.6 Å². The van der Waals surface area contributed by atoms with Crippen LogP contribution in [0.4, 0.5) is 14.5 Å². The molecule has 0 saturated carbocycles. The van der Waals surface area contributed by atoms with E-state index in [0.717, 1.165) is 36.9 Å². The minimum atomic E-state index is -4.49. The quantitative estimate of drug-likeness (QED) is 0.749. The summed E-state index contributed by atoms with van der Waals surface area (Å²) in [5.74, 6) is -2.75. The van der Waals surface area contributed by atoms with Crippen molar-refractivity contribution < 1.29 is 17.2 Å². The predicted molar refractivity (Wildman–Crippen MR) is 78.4 cm³/mol. The lowest BCUT2D eigenvalue weighted by molar-refractivity contribution is 0.234. The number of nitrogens with zero attached hydrogens (tertiary/aromatic N) is 1. The maximum Gasteiger partial charge on any atom is 0.341 e. The fraction of sp³-hybridized carbons (Fsp3) is 0.538. The summed E-state index contributed by atoms with van der Waals surface area (Å²) in [7, 11) is -4.49. The number of hydrogen-bond acceptors (Lipinski definition) is 3. The number of sulfone groups is 1. The minimum absolute atomic E-state index is 0.326. The molecule has 1 aliphatic rings. The third-order valence-electron chi connectivity index (χ3n) is 3.57. The average molecular weight is 368 g/mol. The molecule has 1 aromatic carbocycles. The molecule has 2 rings (SSSR count). The molecule has 1 aromatic rings. The first-order chi connectivity index (χ1) is 9.45. The summed E-state index contributed by atoms with van der Waals surface area (Å²) in [6.45, 7) is 1.84. The molecule has 0 aromatic heterocycles. The van der Waals surface area contributed by atoms with E-state index >= 15 is 0 Å². The summed E-state index contributed by atoms with van der Waals surface area (Å²) in [6.07, 6.45) is 2.21. The van der Waals surface area contributed by atoms with Crippen LogP contribution in [0, 0.1) is 5.92 Å². The molecule has 20 heavy (non-hydrogen) atoms. The molecule has 1 heterocycles. The van der Waals surface area contributed by atoms with Crippen molar-refractivity contribution in [2.75, 3.05) is 23.3 Å². The minimum Gasteiger partial charge on any atom is -0.371 e. The smallest absolute Gasteiger partial charge is 0.341 e. The molecule has 1 unspecified atom stereocenters.